The first-order chi connectivity index (χ1) is 11.3. The number of halogens is 3. The van der Waals surface area contributed by atoms with Gasteiger partial charge in [-0.3, -0.25) is 9.59 Å². The number of anilines is 1. The first kappa shape index (κ1) is 16.8. The molecule has 1 aromatic carbocycles. The van der Waals surface area contributed by atoms with E-state index in [-0.39, 0.29) is 17.6 Å². The second-order valence-corrected chi connectivity index (χ2v) is 6.57. The predicted octanol–water partition coefficient (Wildman–Crippen LogP) is 3.48. The van der Waals surface area contributed by atoms with Gasteiger partial charge in [0.1, 0.15) is 5.41 Å². The Hall–Kier alpha value is -2.05. The molecule has 0 saturated heterocycles. The Kier molecular flexibility index (Phi) is 4.27. The third-order valence-electron chi connectivity index (χ3n) is 4.78. The average molecular weight is 340 g/mol. The molecule has 2 amide bonds. The monoisotopic (exact) mass is 340 g/mol. The maximum atomic E-state index is 12.5. The summed E-state index contributed by atoms with van der Waals surface area (Å²) in [5.74, 6) is -0.712. The van der Waals surface area contributed by atoms with Crippen LogP contribution in [0.15, 0.2) is 24.3 Å². The summed E-state index contributed by atoms with van der Waals surface area (Å²) in [5, 5.41) is 5.49. The molecule has 0 heterocycles. The van der Waals surface area contributed by atoms with Gasteiger partial charge < -0.3 is 10.6 Å². The molecule has 2 saturated carbocycles. The van der Waals surface area contributed by atoms with Gasteiger partial charge in [0.25, 0.3) is 0 Å². The summed E-state index contributed by atoms with van der Waals surface area (Å²) < 4.78 is 37.6. The highest BCUT2D eigenvalue weighted by molar-refractivity contribution is 6.13. The molecule has 0 radical (unpaired) electrons. The van der Waals surface area contributed by atoms with Crippen LogP contribution in [0.1, 0.15) is 44.1 Å². The SMILES string of the molecule is O=C(Nc1ccc(C(F)(F)F)cc1)C1(C(=O)NC2CCCC2)CC1. The van der Waals surface area contributed by atoms with Gasteiger partial charge in [-0.1, -0.05) is 12.8 Å². The van der Waals surface area contributed by atoms with Crippen LogP contribution in [0.3, 0.4) is 0 Å². The molecular formula is C17H19F3N2O2. The molecule has 0 aliphatic heterocycles. The fraction of sp³-hybridized carbons (Fsp3) is 0.529. The molecule has 4 nitrogen and oxygen atoms in total. The van der Waals surface area contributed by atoms with Crippen LogP contribution in [0.25, 0.3) is 0 Å². The number of amides is 2. The van der Waals surface area contributed by atoms with E-state index in [1.165, 1.54) is 12.1 Å². The van der Waals surface area contributed by atoms with E-state index in [2.05, 4.69) is 10.6 Å². The minimum Gasteiger partial charge on any atom is -0.352 e. The van der Waals surface area contributed by atoms with E-state index in [9.17, 15) is 22.8 Å². The first-order valence-electron chi connectivity index (χ1n) is 8.11. The van der Waals surface area contributed by atoms with Crippen LogP contribution >= 0.6 is 0 Å². The van der Waals surface area contributed by atoms with Crippen molar-refractivity contribution in [2.24, 2.45) is 5.41 Å². The van der Waals surface area contributed by atoms with E-state index in [0.29, 0.717) is 12.8 Å². The van der Waals surface area contributed by atoms with Crippen LogP contribution < -0.4 is 10.6 Å². The van der Waals surface area contributed by atoms with E-state index >= 15 is 0 Å². The van der Waals surface area contributed by atoms with Gasteiger partial charge in [-0.25, -0.2) is 0 Å². The lowest BCUT2D eigenvalue weighted by Gasteiger charge is -2.19. The molecule has 0 aromatic heterocycles. The molecule has 7 heteroatoms. The quantitative estimate of drug-likeness (QED) is 0.825. The van der Waals surface area contributed by atoms with Gasteiger partial charge in [0, 0.05) is 11.7 Å². The Morgan fingerprint density at radius 3 is 2.08 bits per heavy atom. The summed E-state index contributed by atoms with van der Waals surface area (Å²) in [6.07, 6.45) is 0.549. The summed E-state index contributed by atoms with van der Waals surface area (Å²) in [4.78, 5) is 24.8. The molecule has 24 heavy (non-hydrogen) atoms. The molecule has 2 fully saturated rings. The van der Waals surface area contributed by atoms with Crippen LogP contribution in [0.2, 0.25) is 0 Å². The van der Waals surface area contributed by atoms with Crippen molar-refractivity contribution >= 4 is 17.5 Å². The van der Waals surface area contributed by atoms with Gasteiger partial charge in [-0.05, 0) is 49.9 Å². The van der Waals surface area contributed by atoms with Crippen LogP contribution in [0, 0.1) is 5.41 Å². The number of carbonyl (C=O) groups excluding carboxylic acids is 2. The number of hydrogen-bond donors (Lipinski definition) is 2. The summed E-state index contributed by atoms with van der Waals surface area (Å²) in [6.45, 7) is 0. The highest BCUT2D eigenvalue weighted by Gasteiger charge is 2.56. The fourth-order valence-electron chi connectivity index (χ4n) is 3.07. The maximum absolute atomic E-state index is 12.5. The van der Waals surface area contributed by atoms with Crippen LogP contribution in [-0.4, -0.2) is 17.9 Å². The molecule has 2 N–H and O–H groups in total. The molecule has 0 spiro atoms. The molecule has 130 valence electrons. The van der Waals surface area contributed by atoms with Gasteiger partial charge >= 0.3 is 6.18 Å². The van der Waals surface area contributed by atoms with E-state index in [0.717, 1.165) is 37.8 Å². The predicted molar refractivity (Wildman–Crippen MR) is 82.1 cm³/mol. The first-order valence-corrected chi connectivity index (χ1v) is 8.11. The lowest BCUT2D eigenvalue weighted by molar-refractivity contribution is -0.137. The largest absolute Gasteiger partial charge is 0.416 e. The number of benzene rings is 1. The second-order valence-electron chi connectivity index (χ2n) is 6.57. The van der Waals surface area contributed by atoms with Gasteiger partial charge in [0.15, 0.2) is 0 Å². The van der Waals surface area contributed by atoms with Crippen molar-refractivity contribution < 1.29 is 22.8 Å². The minimum absolute atomic E-state index is 0.133. The zero-order chi connectivity index (χ0) is 17.4. The number of alkyl halides is 3. The fourth-order valence-corrected chi connectivity index (χ4v) is 3.07. The van der Waals surface area contributed by atoms with Crippen molar-refractivity contribution in [2.45, 2.75) is 50.7 Å². The summed E-state index contributed by atoms with van der Waals surface area (Å²) in [5.41, 5.74) is -1.58. The maximum Gasteiger partial charge on any atom is 0.416 e. The average Bonchev–Trinajstić information content (AvgIpc) is 3.19. The van der Waals surface area contributed by atoms with Crippen LogP contribution in [0.5, 0.6) is 0 Å². The lowest BCUT2D eigenvalue weighted by atomic mass is 10.0. The smallest absolute Gasteiger partial charge is 0.352 e. The summed E-state index contributed by atoms with van der Waals surface area (Å²) >= 11 is 0. The third kappa shape index (κ3) is 3.39. The number of rotatable bonds is 4. The van der Waals surface area contributed by atoms with Gasteiger partial charge in [-0.15, -0.1) is 0 Å². The molecule has 0 atom stereocenters. The second kappa shape index (κ2) is 6.11. The Balaban J connectivity index is 1.62. The third-order valence-corrected chi connectivity index (χ3v) is 4.78. The summed E-state index contributed by atoms with van der Waals surface area (Å²) in [7, 11) is 0. The number of hydrogen-bond acceptors (Lipinski definition) is 2. The molecular weight excluding hydrogens is 321 g/mol. The highest BCUT2D eigenvalue weighted by Crippen LogP contribution is 2.47. The van der Waals surface area contributed by atoms with E-state index < -0.39 is 23.1 Å². The Morgan fingerprint density at radius 2 is 1.58 bits per heavy atom. The standard InChI is InChI=1S/C17H19F3N2O2/c18-17(19,20)11-5-7-13(8-6-11)22-15(24)16(9-10-16)14(23)21-12-3-1-2-4-12/h5-8,12H,1-4,9-10H2,(H,21,23)(H,22,24). The van der Waals surface area contributed by atoms with Crippen molar-refractivity contribution in [1.29, 1.82) is 0 Å². The molecule has 2 aliphatic rings. The van der Waals surface area contributed by atoms with Gasteiger partial charge in [-0.2, -0.15) is 13.2 Å². The highest BCUT2D eigenvalue weighted by atomic mass is 19.4. The Bertz CT molecular complexity index is 630. The molecule has 1 aromatic rings. The topological polar surface area (TPSA) is 58.2 Å². The molecule has 2 aliphatic carbocycles. The number of carbonyl (C=O) groups is 2. The van der Waals surface area contributed by atoms with Crippen molar-refractivity contribution in [2.75, 3.05) is 5.32 Å². The van der Waals surface area contributed by atoms with Crippen LogP contribution in [0.4, 0.5) is 18.9 Å². The molecule has 3 rings (SSSR count). The lowest BCUT2D eigenvalue weighted by Crippen LogP contribution is -2.43. The van der Waals surface area contributed by atoms with E-state index in [4.69, 9.17) is 0 Å². The zero-order valence-corrected chi connectivity index (χ0v) is 13.1. The molecule has 0 unspecified atom stereocenters. The van der Waals surface area contributed by atoms with Gasteiger partial charge in [0.2, 0.25) is 11.8 Å². The minimum atomic E-state index is -4.42. The zero-order valence-electron chi connectivity index (χ0n) is 13.1. The van der Waals surface area contributed by atoms with E-state index in [1.54, 1.807) is 0 Å². The van der Waals surface area contributed by atoms with E-state index in [1.807, 2.05) is 0 Å². The summed E-state index contributed by atoms with van der Waals surface area (Å²) in [6, 6.07) is 4.35. The molecule has 0 bridgehead atoms. The van der Waals surface area contributed by atoms with Crippen molar-refractivity contribution in [3.63, 3.8) is 0 Å². The number of nitrogens with one attached hydrogen (secondary N) is 2. The van der Waals surface area contributed by atoms with Crippen molar-refractivity contribution in [1.82, 2.24) is 5.32 Å². The van der Waals surface area contributed by atoms with Crippen molar-refractivity contribution in [3.05, 3.63) is 29.8 Å². The van der Waals surface area contributed by atoms with Gasteiger partial charge in [0.05, 0.1) is 5.56 Å². The Labute approximate surface area is 137 Å². The normalized spacial score (nSPS) is 19.8. The van der Waals surface area contributed by atoms with Crippen LogP contribution in [-0.2, 0) is 15.8 Å². The van der Waals surface area contributed by atoms with Crippen molar-refractivity contribution in [3.8, 4) is 0 Å². The Morgan fingerprint density at radius 1 is 1.00 bits per heavy atom.